The highest BCUT2D eigenvalue weighted by Crippen LogP contribution is 2.31. The molecule has 0 radical (unpaired) electrons. The maximum atomic E-state index is 12.2. The van der Waals surface area contributed by atoms with Gasteiger partial charge in [-0.2, -0.15) is 0 Å². The molecule has 0 aromatic heterocycles. The van der Waals surface area contributed by atoms with Crippen LogP contribution in [0.2, 0.25) is 0 Å². The van der Waals surface area contributed by atoms with Gasteiger partial charge in [-0.25, -0.2) is 0 Å². The molecule has 0 spiro atoms. The van der Waals surface area contributed by atoms with Crippen molar-refractivity contribution >= 4 is 5.91 Å². The second kappa shape index (κ2) is 32.4. The van der Waals surface area contributed by atoms with E-state index in [1.807, 2.05) is 0 Å². The Morgan fingerprint density at radius 3 is 0.707 bits per heavy atom. The van der Waals surface area contributed by atoms with E-state index in [2.05, 4.69) is 20.8 Å². The van der Waals surface area contributed by atoms with Crippen molar-refractivity contribution in [3.63, 3.8) is 0 Å². The van der Waals surface area contributed by atoms with Gasteiger partial charge in [-0.15, -0.1) is 0 Å². The van der Waals surface area contributed by atoms with Crippen LogP contribution in [0, 0.1) is 5.41 Å². The number of carbonyl (C=O) groups is 1. The Bertz CT molecular complexity index is 480. The molecule has 0 aliphatic rings. The Morgan fingerprint density at radius 1 is 0.366 bits per heavy atom. The summed E-state index contributed by atoms with van der Waals surface area (Å²) in [5.41, 5.74) is 5.58. The third kappa shape index (κ3) is 29.3. The van der Waals surface area contributed by atoms with E-state index in [-0.39, 0.29) is 11.3 Å². The molecule has 0 atom stereocenters. The number of unbranched alkanes of at least 4 members (excludes halogenated alkanes) is 30. The Labute approximate surface area is 260 Å². The number of hydrogen-bond acceptors (Lipinski definition) is 1. The van der Waals surface area contributed by atoms with E-state index < -0.39 is 0 Å². The van der Waals surface area contributed by atoms with Gasteiger partial charge in [0.25, 0.3) is 0 Å². The SMILES string of the molecule is CCCCCCCCCCCCCCCCCCC(C)(CCCCCCCCCCCCCCCCCC)C(N)=O. The molecular weight excluding hydrogens is 498 g/mol. The van der Waals surface area contributed by atoms with Crippen molar-refractivity contribution in [3.05, 3.63) is 0 Å². The topological polar surface area (TPSA) is 43.1 Å². The van der Waals surface area contributed by atoms with Crippen LogP contribution >= 0.6 is 0 Å². The van der Waals surface area contributed by atoms with Crippen LogP contribution in [0.5, 0.6) is 0 Å². The van der Waals surface area contributed by atoms with Crippen molar-refractivity contribution in [1.82, 2.24) is 0 Å². The molecule has 0 aromatic rings. The molecule has 0 heterocycles. The molecular formula is C39H79NO. The fourth-order valence-electron chi connectivity index (χ4n) is 6.50. The van der Waals surface area contributed by atoms with Crippen LogP contribution in [0.4, 0.5) is 0 Å². The van der Waals surface area contributed by atoms with Crippen LogP contribution in [0.3, 0.4) is 0 Å². The molecule has 0 unspecified atom stereocenters. The summed E-state index contributed by atoms with van der Waals surface area (Å²) in [6.45, 7) is 6.72. The fraction of sp³-hybridized carbons (Fsp3) is 0.974. The van der Waals surface area contributed by atoms with Crippen molar-refractivity contribution in [1.29, 1.82) is 0 Å². The van der Waals surface area contributed by atoms with Crippen LogP contribution in [0.25, 0.3) is 0 Å². The van der Waals surface area contributed by atoms with Gasteiger partial charge in [0.2, 0.25) is 5.91 Å². The Morgan fingerprint density at radius 2 is 0.537 bits per heavy atom. The maximum absolute atomic E-state index is 12.2. The zero-order valence-corrected chi connectivity index (χ0v) is 29.0. The van der Waals surface area contributed by atoms with Gasteiger partial charge in [0.05, 0.1) is 0 Å². The standard InChI is InChI=1S/C39H79NO/c1-4-6-8-10-12-14-16-18-20-22-24-26-28-30-32-34-36-39(3,38(40)41)37-35-33-31-29-27-25-23-21-19-17-15-13-11-9-7-5-2/h4-37H2,1-3H3,(H2,40,41). The van der Waals surface area contributed by atoms with E-state index in [9.17, 15) is 4.79 Å². The molecule has 0 aromatic carbocycles. The van der Waals surface area contributed by atoms with Crippen LogP contribution in [-0.4, -0.2) is 5.91 Å². The second-order valence-electron chi connectivity index (χ2n) is 14.0. The van der Waals surface area contributed by atoms with Gasteiger partial charge in [-0.05, 0) is 12.8 Å². The Kier molecular flexibility index (Phi) is 32.0. The average Bonchev–Trinajstić information content (AvgIpc) is 2.96. The molecule has 0 saturated carbocycles. The number of nitrogens with two attached hydrogens (primary N) is 1. The van der Waals surface area contributed by atoms with Crippen LogP contribution in [-0.2, 0) is 4.79 Å². The third-order valence-corrected chi connectivity index (χ3v) is 9.76. The second-order valence-corrected chi connectivity index (χ2v) is 14.0. The van der Waals surface area contributed by atoms with Crippen molar-refractivity contribution in [3.8, 4) is 0 Å². The number of rotatable bonds is 35. The molecule has 0 aliphatic carbocycles. The van der Waals surface area contributed by atoms with Gasteiger partial charge in [0.1, 0.15) is 0 Å². The highest BCUT2D eigenvalue weighted by Gasteiger charge is 2.29. The zero-order chi connectivity index (χ0) is 30.1. The maximum Gasteiger partial charge on any atom is 0.223 e. The monoisotopic (exact) mass is 578 g/mol. The lowest BCUT2D eigenvalue weighted by molar-refractivity contribution is -0.127. The highest BCUT2D eigenvalue weighted by molar-refractivity contribution is 5.80. The molecule has 0 rings (SSSR count). The predicted molar refractivity (Wildman–Crippen MR) is 186 cm³/mol. The van der Waals surface area contributed by atoms with Gasteiger partial charge in [0.15, 0.2) is 0 Å². The minimum Gasteiger partial charge on any atom is -0.369 e. The first-order valence-electron chi connectivity index (χ1n) is 19.4. The highest BCUT2D eigenvalue weighted by atomic mass is 16.1. The lowest BCUT2D eigenvalue weighted by Gasteiger charge is -2.26. The molecule has 0 aliphatic heterocycles. The molecule has 2 nitrogen and oxygen atoms in total. The fourth-order valence-corrected chi connectivity index (χ4v) is 6.50. The molecule has 0 fully saturated rings. The van der Waals surface area contributed by atoms with E-state index in [0.29, 0.717) is 0 Å². The van der Waals surface area contributed by atoms with Crippen molar-refractivity contribution in [2.45, 2.75) is 239 Å². The quantitative estimate of drug-likeness (QED) is 0.0748. The van der Waals surface area contributed by atoms with E-state index in [0.717, 1.165) is 25.7 Å². The summed E-state index contributed by atoms with van der Waals surface area (Å²) in [6, 6.07) is 0. The summed E-state index contributed by atoms with van der Waals surface area (Å²) in [5.74, 6) is -0.0700. The first-order valence-corrected chi connectivity index (χ1v) is 19.4. The third-order valence-electron chi connectivity index (χ3n) is 9.76. The number of primary amides is 1. The molecule has 0 saturated heterocycles. The largest absolute Gasteiger partial charge is 0.369 e. The van der Waals surface area contributed by atoms with Gasteiger partial charge >= 0.3 is 0 Å². The van der Waals surface area contributed by atoms with Gasteiger partial charge < -0.3 is 5.73 Å². The minimum atomic E-state index is -0.286. The molecule has 246 valence electrons. The molecule has 2 heteroatoms. The molecule has 0 bridgehead atoms. The van der Waals surface area contributed by atoms with E-state index in [4.69, 9.17) is 5.73 Å². The summed E-state index contributed by atoms with van der Waals surface area (Å²) in [6.07, 6.45) is 46.5. The Balaban J connectivity index is 3.51. The van der Waals surface area contributed by atoms with Crippen LogP contribution < -0.4 is 5.73 Å². The number of carbonyl (C=O) groups excluding carboxylic acids is 1. The predicted octanol–water partition coefficient (Wildman–Crippen LogP) is 13.8. The summed E-state index contributed by atoms with van der Waals surface area (Å²) in [5, 5.41) is 0. The average molecular weight is 578 g/mol. The first-order chi connectivity index (χ1) is 20.1. The molecule has 2 N–H and O–H groups in total. The van der Waals surface area contributed by atoms with Gasteiger partial charge in [-0.3, -0.25) is 4.79 Å². The van der Waals surface area contributed by atoms with Crippen LogP contribution in [0.1, 0.15) is 239 Å². The summed E-state index contributed by atoms with van der Waals surface area (Å²) >= 11 is 0. The molecule has 1 amide bonds. The lowest BCUT2D eigenvalue weighted by atomic mass is 9.79. The van der Waals surface area contributed by atoms with Crippen LogP contribution in [0.15, 0.2) is 0 Å². The van der Waals surface area contributed by atoms with Gasteiger partial charge in [-0.1, -0.05) is 226 Å². The van der Waals surface area contributed by atoms with Crippen molar-refractivity contribution < 1.29 is 4.79 Å². The number of hydrogen-bond donors (Lipinski definition) is 1. The van der Waals surface area contributed by atoms with Crippen molar-refractivity contribution in [2.24, 2.45) is 11.1 Å². The summed E-state index contributed by atoms with van der Waals surface area (Å²) in [4.78, 5) is 12.2. The summed E-state index contributed by atoms with van der Waals surface area (Å²) in [7, 11) is 0. The zero-order valence-electron chi connectivity index (χ0n) is 29.0. The van der Waals surface area contributed by atoms with E-state index in [1.165, 1.54) is 193 Å². The Hall–Kier alpha value is -0.530. The smallest absolute Gasteiger partial charge is 0.223 e. The normalized spacial score (nSPS) is 11.9. The lowest BCUT2D eigenvalue weighted by Crippen LogP contribution is -2.34. The van der Waals surface area contributed by atoms with E-state index in [1.54, 1.807) is 0 Å². The van der Waals surface area contributed by atoms with Crippen molar-refractivity contribution in [2.75, 3.05) is 0 Å². The summed E-state index contributed by atoms with van der Waals surface area (Å²) < 4.78 is 0. The molecule has 41 heavy (non-hydrogen) atoms. The minimum absolute atomic E-state index is 0.0700. The first kappa shape index (κ1) is 40.5. The number of amides is 1. The van der Waals surface area contributed by atoms with E-state index >= 15 is 0 Å². The van der Waals surface area contributed by atoms with Gasteiger partial charge in [0, 0.05) is 5.41 Å².